The molecule has 0 aromatic heterocycles. The van der Waals surface area contributed by atoms with Gasteiger partial charge in [-0.3, -0.25) is 0 Å². The van der Waals surface area contributed by atoms with Crippen LogP contribution in [0.15, 0.2) is 24.3 Å². The third-order valence-electron chi connectivity index (χ3n) is 3.87. The normalized spacial score (nSPS) is 20.0. The van der Waals surface area contributed by atoms with Gasteiger partial charge in [-0.1, -0.05) is 12.1 Å². The van der Waals surface area contributed by atoms with Gasteiger partial charge >= 0.3 is 6.09 Å². The zero-order valence-electron chi connectivity index (χ0n) is 13.5. The fourth-order valence-corrected chi connectivity index (χ4v) is 3.05. The number of hydrogen-bond donors (Lipinski definition) is 1. The molecule has 1 amide bonds. The average molecular weight is 416 g/mol. The highest BCUT2D eigenvalue weighted by Gasteiger charge is 2.32. The Kier molecular flexibility index (Phi) is 5.71. The number of amides is 1. The lowest BCUT2D eigenvalue weighted by Gasteiger charge is -2.25. The van der Waals surface area contributed by atoms with Gasteiger partial charge in [0.2, 0.25) is 0 Å². The third kappa shape index (κ3) is 5.12. The smallest absolute Gasteiger partial charge is 0.410 e. The van der Waals surface area contributed by atoms with E-state index in [-0.39, 0.29) is 12.1 Å². The number of carbonyl (C=O) groups is 1. The van der Waals surface area contributed by atoms with Gasteiger partial charge in [0.25, 0.3) is 0 Å². The Balaban J connectivity index is 1.87. The summed E-state index contributed by atoms with van der Waals surface area (Å²) in [4.78, 5) is 13.9. The van der Waals surface area contributed by atoms with Crippen LogP contribution in [0.1, 0.15) is 32.8 Å². The van der Waals surface area contributed by atoms with Gasteiger partial charge < -0.3 is 15.4 Å². The van der Waals surface area contributed by atoms with Crippen molar-refractivity contribution in [3.8, 4) is 0 Å². The zero-order chi connectivity index (χ0) is 16.3. The molecule has 1 aliphatic rings. The second-order valence-electron chi connectivity index (χ2n) is 6.97. The van der Waals surface area contributed by atoms with Crippen molar-refractivity contribution >= 4 is 28.7 Å². The van der Waals surface area contributed by atoms with Crippen LogP contribution in [0.4, 0.5) is 4.79 Å². The number of rotatable bonds is 3. The van der Waals surface area contributed by atoms with Gasteiger partial charge in [-0.25, -0.2) is 4.79 Å². The summed E-state index contributed by atoms with van der Waals surface area (Å²) in [6, 6.07) is 8.53. The van der Waals surface area contributed by atoms with Gasteiger partial charge in [0.05, 0.1) is 0 Å². The fourth-order valence-electron chi connectivity index (χ4n) is 2.69. The molecule has 1 aromatic rings. The molecule has 122 valence electrons. The van der Waals surface area contributed by atoms with E-state index in [0.29, 0.717) is 12.5 Å². The monoisotopic (exact) mass is 416 g/mol. The lowest BCUT2D eigenvalue weighted by atomic mass is 9.94. The number of carbonyl (C=O) groups excluding carboxylic acids is 1. The predicted octanol–water partition coefficient (Wildman–Crippen LogP) is 3.42. The molecule has 0 bridgehead atoms. The molecular formula is C17H25IN2O2. The molecule has 5 heteroatoms. The first kappa shape index (κ1) is 17.5. The van der Waals surface area contributed by atoms with Crippen LogP contribution >= 0.6 is 22.6 Å². The van der Waals surface area contributed by atoms with E-state index in [9.17, 15) is 4.79 Å². The van der Waals surface area contributed by atoms with Crippen molar-refractivity contribution in [1.82, 2.24) is 4.90 Å². The predicted molar refractivity (Wildman–Crippen MR) is 96.8 cm³/mol. The maximum absolute atomic E-state index is 12.1. The molecule has 2 N–H and O–H groups in total. The second-order valence-corrected chi connectivity index (χ2v) is 8.22. The number of ether oxygens (including phenoxy) is 1. The molecule has 2 unspecified atom stereocenters. The van der Waals surface area contributed by atoms with Gasteiger partial charge in [-0.05, 0) is 79.8 Å². The fraction of sp³-hybridized carbons (Fsp3) is 0.588. The van der Waals surface area contributed by atoms with Gasteiger partial charge in [-0.2, -0.15) is 0 Å². The van der Waals surface area contributed by atoms with Crippen LogP contribution in [-0.4, -0.2) is 35.7 Å². The van der Waals surface area contributed by atoms with E-state index in [0.717, 1.165) is 19.4 Å². The number of nitrogens with zero attached hydrogens (tertiary/aromatic N) is 1. The number of benzene rings is 1. The molecule has 1 saturated heterocycles. The van der Waals surface area contributed by atoms with Crippen molar-refractivity contribution in [3.05, 3.63) is 33.4 Å². The van der Waals surface area contributed by atoms with Gasteiger partial charge in [0.1, 0.15) is 5.60 Å². The van der Waals surface area contributed by atoms with Crippen molar-refractivity contribution in [1.29, 1.82) is 0 Å². The first-order chi connectivity index (χ1) is 10.2. The van der Waals surface area contributed by atoms with E-state index in [4.69, 9.17) is 10.5 Å². The molecule has 1 heterocycles. The number of nitrogens with two attached hydrogens (primary N) is 1. The Morgan fingerprint density at radius 2 is 2.05 bits per heavy atom. The average Bonchev–Trinajstić information content (AvgIpc) is 2.89. The molecule has 1 aromatic carbocycles. The first-order valence-electron chi connectivity index (χ1n) is 7.72. The van der Waals surface area contributed by atoms with Crippen LogP contribution in [0, 0.1) is 9.49 Å². The Hall–Kier alpha value is -0.820. The quantitative estimate of drug-likeness (QED) is 0.769. The third-order valence-corrected chi connectivity index (χ3v) is 4.59. The SMILES string of the molecule is CC(C)(C)OC(=O)N1CCC(C(N)Cc2ccc(I)cc2)C1. The maximum Gasteiger partial charge on any atom is 0.410 e. The van der Waals surface area contributed by atoms with E-state index in [2.05, 4.69) is 46.9 Å². The van der Waals surface area contributed by atoms with Crippen molar-refractivity contribution in [2.75, 3.05) is 13.1 Å². The molecule has 0 saturated carbocycles. The minimum atomic E-state index is -0.446. The summed E-state index contributed by atoms with van der Waals surface area (Å²) in [6.45, 7) is 7.10. The second kappa shape index (κ2) is 7.17. The summed E-state index contributed by atoms with van der Waals surface area (Å²) in [5, 5.41) is 0. The van der Waals surface area contributed by atoms with E-state index in [1.165, 1.54) is 9.13 Å². The molecule has 2 rings (SSSR count). The van der Waals surface area contributed by atoms with E-state index < -0.39 is 5.60 Å². The topological polar surface area (TPSA) is 55.6 Å². The van der Waals surface area contributed by atoms with Crippen LogP contribution in [0.2, 0.25) is 0 Å². The van der Waals surface area contributed by atoms with Crippen LogP contribution in [-0.2, 0) is 11.2 Å². The Morgan fingerprint density at radius 3 is 2.64 bits per heavy atom. The van der Waals surface area contributed by atoms with Crippen LogP contribution < -0.4 is 5.73 Å². The summed E-state index contributed by atoms with van der Waals surface area (Å²) in [5.41, 5.74) is 7.17. The molecule has 1 fully saturated rings. The summed E-state index contributed by atoms with van der Waals surface area (Å²) in [6.07, 6.45) is 1.57. The summed E-state index contributed by atoms with van der Waals surface area (Å²) >= 11 is 2.30. The van der Waals surface area contributed by atoms with E-state index >= 15 is 0 Å². The molecule has 4 nitrogen and oxygen atoms in total. The van der Waals surface area contributed by atoms with Crippen molar-refractivity contribution in [2.45, 2.75) is 45.3 Å². The highest BCUT2D eigenvalue weighted by atomic mass is 127. The Labute approximate surface area is 146 Å². The van der Waals surface area contributed by atoms with Gasteiger partial charge in [-0.15, -0.1) is 0 Å². The van der Waals surface area contributed by atoms with Crippen LogP contribution in [0.5, 0.6) is 0 Å². The number of halogens is 1. The highest BCUT2D eigenvalue weighted by Crippen LogP contribution is 2.23. The molecule has 2 atom stereocenters. The Bertz CT molecular complexity index is 510. The minimum absolute atomic E-state index is 0.0764. The molecule has 0 spiro atoms. The van der Waals surface area contributed by atoms with Gasteiger partial charge in [0, 0.05) is 22.7 Å². The first-order valence-corrected chi connectivity index (χ1v) is 8.80. The largest absolute Gasteiger partial charge is 0.444 e. The summed E-state index contributed by atoms with van der Waals surface area (Å²) < 4.78 is 6.66. The molecule has 1 aliphatic heterocycles. The molecule has 0 aliphatic carbocycles. The van der Waals surface area contributed by atoms with Gasteiger partial charge in [0.15, 0.2) is 0 Å². The Morgan fingerprint density at radius 1 is 1.41 bits per heavy atom. The molecule has 22 heavy (non-hydrogen) atoms. The minimum Gasteiger partial charge on any atom is -0.444 e. The van der Waals surface area contributed by atoms with E-state index in [1.54, 1.807) is 4.90 Å². The van der Waals surface area contributed by atoms with Crippen molar-refractivity contribution in [2.24, 2.45) is 11.7 Å². The van der Waals surface area contributed by atoms with Crippen molar-refractivity contribution in [3.63, 3.8) is 0 Å². The standard InChI is InChI=1S/C17H25IN2O2/c1-17(2,3)22-16(21)20-9-8-13(11-20)15(19)10-12-4-6-14(18)7-5-12/h4-7,13,15H,8-11,19H2,1-3H3. The lowest BCUT2D eigenvalue weighted by molar-refractivity contribution is 0.0286. The number of hydrogen-bond acceptors (Lipinski definition) is 3. The molecule has 0 radical (unpaired) electrons. The van der Waals surface area contributed by atoms with E-state index in [1.807, 2.05) is 20.8 Å². The maximum atomic E-state index is 12.1. The van der Waals surface area contributed by atoms with Crippen molar-refractivity contribution < 1.29 is 9.53 Å². The highest BCUT2D eigenvalue weighted by molar-refractivity contribution is 14.1. The van der Waals surface area contributed by atoms with Crippen LogP contribution in [0.3, 0.4) is 0 Å². The summed E-state index contributed by atoms with van der Waals surface area (Å²) in [7, 11) is 0. The number of likely N-dealkylation sites (tertiary alicyclic amines) is 1. The van der Waals surface area contributed by atoms with Crippen LogP contribution in [0.25, 0.3) is 0 Å². The molecular weight excluding hydrogens is 391 g/mol. The lowest BCUT2D eigenvalue weighted by Crippen LogP contribution is -2.38. The zero-order valence-corrected chi connectivity index (χ0v) is 15.7. The summed E-state index contributed by atoms with van der Waals surface area (Å²) in [5.74, 6) is 0.340.